The van der Waals surface area contributed by atoms with Crippen LogP contribution in [0, 0.1) is 6.92 Å². The van der Waals surface area contributed by atoms with Crippen LogP contribution >= 0.6 is 0 Å². The summed E-state index contributed by atoms with van der Waals surface area (Å²) in [6.45, 7) is 3.95. The molecule has 3 heterocycles. The number of hydrogen-bond acceptors (Lipinski definition) is 5. The molecule has 1 fully saturated rings. The lowest BCUT2D eigenvalue weighted by Gasteiger charge is -2.36. The summed E-state index contributed by atoms with van der Waals surface area (Å²) in [6.07, 6.45) is 3.68. The zero-order valence-electron chi connectivity index (χ0n) is 9.38. The Balaban J connectivity index is 2.08. The number of likely N-dealkylation sites (N-methyl/N-ethyl adjacent to an activating group) is 1. The van der Waals surface area contributed by atoms with Crippen LogP contribution < -0.4 is 10.2 Å². The molecule has 2 aromatic rings. The Morgan fingerprint density at radius 2 is 2.25 bits per heavy atom. The van der Waals surface area contributed by atoms with Gasteiger partial charge in [-0.05, 0) is 6.92 Å². The van der Waals surface area contributed by atoms with Gasteiger partial charge in [0.2, 0.25) is 5.65 Å². The summed E-state index contributed by atoms with van der Waals surface area (Å²) in [7, 11) is 2.05. The number of rotatable bonds is 2. The molecule has 2 aromatic heterocycles. The molecule has 16 heavy (non-hydrogen) atoms. The van der Waals surface area contributed by atoms with E-state index < -0.39 is 0 Å². The van der Waals surface area contributed by atoms with Crippen molar-refractivity contribution in [3.8, 4) is 0 Å². The van der Waals surface area contributed by atoms with E-state index >= 15 is 0 Å². The Bertz CT molecular complexity index is 515. The maximum Gasteiger partial charge on any atom is 0.203 e. The molecule has 84 valence electrons. The smallest absolute Gasteiger partial charge is 0.203 e. The highest BCUT2D eigenvalue weighted by molar-refractivity contribution is 5.64. The highest BCUT2D eigenvalue weighted by Crippen LogP contribution is 2.19. The number of anilines is 1. The molecule has 0 aliphatic carbocycles. The first-order chi connectivity index (χ1) is 7.77. The average molecular weight is 218 g/mol. The fourth-order valence-corrected chi connectivity index (χ4v) is 1.90. The van der Waals surface area contributed by atoms with Gasteiger partial charge in [0.1, 0.15) is 5.82 Å². The predicted octanol–water partition coefficient (Wildman–Crippen LogP) is -0.159. The van der Waals surface area contributed by atoms with Crippen LogP contribution in [0.4, 0.5) is 5.82 Å². The first kappa shape index (κ1) is 9.53. The minimum Gasteiger partial charge on any atom is -0.351 e. The molecule has 3 rings (SSSR count). The van der Waals surface area contributed by atoms with E-state index in [9.17, 15) is 0 Å². The van der Waals surface area contributed by atoms with Gasteiger partial charge in [0, 0.05) is 32.5 Å². The fraction of sp³-hybridized carbons (Fsp3) is 0.500. The van der Waals surface area contributed by atoms with Crippen LogP contribution in [0.2, 0.25) is 0 Å². The maximum atomic E-state index is 4.40. The Kier molecular flexibility index (Phi) is 2.03. The van der Waals surface area contributed by atoms with Crippen molar-refractivity contribution in [1.82, 2.24) is 24.9 Å². The van der Waals surface area contributed by atoms with Gasteiger partial charge in [-0.3, -0.25) is 4.40 Å². The normalized spacial score (nSPS) is 16.4. The number of nitrogens with one attached hydrogen (secondary N) is 1. The molecule has 0 atom stereocenters. The van der Waals surface area contributed by atoms with E-state index in [1.165, 1.54) is 0 Å². The van der Waals surface area contributed by atoms with Gasteiger partial charge in [0.15, 0.2) is 5.82 Å². The first-order valence-corrected chi connectivity index (χ1v) is 5.37. The zero-order chi connectivity index (χ0) is 11.1. The van der Waals surface area contributed by atoms with Gasteiger partial charge in [-0.25, -0.2) is 4.98 Å². The second kappa shape index (κ2) is 3.41. The van der Waals surface area contributed by atoms with Gasteiger partial charge in [-0.15, -0.1) is 10.2 Å². The van der Waals surface area contributed by atoms with Crippen molar-refractivity contribution in [2.75, 3.05) is 25.0 Å². The van der Waals surface area contributed by atoms with E-state index in [0.717, 1.165) is 30.4 Å². The summed E-state index contributed by atoms with van der Waals surface area (Å²) in [6, 6.07) is 0.510. The van der Waals surface area contributed by atoms with Gasteiger partial charge < -0.3 is 10.2 Å². The SMILES string of the molecule is Cc1nnc2c(N(C)C3CNC3)nccn12. The van der Waals surface area contributed by atoms with Crippen LogP contribution in [-0.2, 0) is 0 Å². The van der Waals surface area contributed by atoms with Crippen molar-refractivity contribution in [3.63, 3.8) is 0 Å². The Morgan fingerprint density at radius 1 is 1.44 bits per heavy atom. The highest BCUT2D eigenvalue weighted by Gasteiger charge is 2.24. The van der Waals surface area contributed by atoms with Crippen LogP contribution in [-0.4, -0.2) is 45.8 Å². The summed E-state index contributed by atoms with van der Waals surface area (Å²) in [5.74, 6) is 1.79. The van der Waals surface area contributed by atoms with Crippen LogP contribution in [0.15, 0.2) is 12.4 Å². The van der Waals surface area contributed by atoms with E-state index in [1.807, 2.05) is 17.5 Å². The van der Waals surface area contributed by atoms with Gasteiger partial charge in [0.05, 0.1) is 6.04 Å². The molecule has 0 spiro atoms. The summed E-state index contributed by atoms with van der Waals surface area (Å²) in [4.78, 5) is 6.56. The predicted molar refractivity (Wildman–Crippen MR) is 60.6 cm³/mol. The number of aromatic nitrogens is 4. The number of aryl methyl sites for hydroxylation is 1. The molecule has 1 aliphatic heterocycles. The molecule has 0 unspecified atom stereocenters. The van der Waals surface area contributed by atoms with Crippen LogP contribution in [0.3, 0.4) is 0 Å². The van der Waals surface area contributed by atoms with E-state index in [2.05, 4.69) is 32.4 Å². The summed E-state index contributed by atoms with van der Waals surface area (Å²) < 4.78 is 1.96. The fourth-order valence-electron chi connectivity index (χ4n) is 1.90. The van der Waals surface area contributed by atoms with Crippen molar-refractivity contribution in [1.29, 1.82) is 0 Å². The van der Waals surface area contributed by atoms with Gasteiger partial charge in [0.25, 0.3) is 0 Å². The average Bonchev–Trinajstić information content (AvgIpc) is 2.58. The van der Waals surface area contributed by atoms with E-state index in [-0.39, 0.29) is 0 Å². The second-order valence-electron chi connectivity index (χ2n) is 4.11. The van der Waals surface area contributed by atoms with Crippen molar-refractivity contribution >= 4 is 11.5 Å². The van der Waals surface area contributed by atoms with Crippen LogP contribution in [0.1, 0.15) is 5.82 Å². The molecular formula is C10H14N6. The quantitative estimate of drug-likeness (QED) is 0.759. The minimum absolute atomic E-state index is 0.510. The summed E-state index contributed by atoms with van der Waals surface area (Å²) in [5, 5.41) is 11.5. The molecule has 1 N–H and O–H groups in total. The standard InChI is InChI=1S/C10H14N6/c1-7-13-14-10-9(12-3-4-16(7)10)15(2)8-5-11-6-8/h3-4,8,11H,5-6H2,1-2H3. The first-order valence-electron chi connectivity index (χ1n) is 5.37. The van der Waals surface area contributed by atoms with Crippen molar-refractivity contribution in [2.45, 2.75) is 13.0 Å². The lowest BCUT2D eigenvalue weighted by atomic mass is 10.1. The van der Waals surface area contributed by atoms with E-state index in [1.54, 1.807) is 6.20 Å². The third-order valence-electron chi connectivity index (χ3n) is 3.12. The third kappa shape index (κ3) is 1.26. The van der Waals surface area contributed by atoms with Gasteiger partial charge >= 0.3 is 0 Å². The van der Waals surface area contributed by atoms with Crippen molar-refractivity contribution < 1.29 is 0 Å². The summed E-state index contributed by atoms with van der Waals surface area (Å²) in [5.41, 5.74) is 0.828. The Labute approximate surface area is 93.3 Å². The van der Waals surface area contributed by atoms with E-state index in [4.69, 9.17) is 0 Å². The molecule has 0 bridgehead atoms. The van der Waals surface area contributed by atoms with Crippen LogP contribution in [0.25, 0.3) is 5.65 Å². The topological polar surface area (TPSA) is 58.4 Å². The molecule has 1 saturated heterocycles. The summed E-state index contributed by atoms with van der Waals surface area (Å²) >= 11 is 0. The van der Waals surface area contributed by atoms with Gasteiger partial charge in [-0.1, -0.05) is 0 Å². The molecule has 0 radical (unpaired) electrons. The minimum atomic E-state index is 0.510. The van der Waals surface area contributed by atoms with Gasteiger partial charge in [-0.2, -0.15) is 0 Å². The molecule has 0 saturated carbocycles. The monoisotopic (exact) mass is 218 g/mol. The lowest BCUT2D eigenvalue weighted by molar-refractivity contribution is 0.427. The molecule has 1 aliphatic rings. The Morgan fingerprint density at radius 3 is 2.94 bits per heavy atom. The largest absolute Gasteiger partial charge is 0.351 e. The molecular weight excluding hydrogens is 204 g/mol. The van der Waals surface area contributed by atoms with Crippen molar-refractivity contribution in [3.05, 3.63) is 18.2 Å². The highest BCUT2D eigenvalue weighted by atomic mass is 15.3. The van der Waals surface area contributed by atoms with Crippen molar-refractivity contribution in [2.24, 2.45) is 0 Å². The van der Waals surface area contributed by atoms with Crippen LogP contribution in [0.5, 0.6) is 0 Å². The number of hydrogen-bond donors (Lipinski definition) is 1. The number of nitrogens with zero attached hydrogens (tertiary/aromatic N) is 5. The van der Waals surface area contributed by atoms with E-state index in [0.29, 0.717) is 6.04 Å². The second-order valence-corrected chi connectivity index (χ2v) is 4.11. The lowest BCUT2D eigenvalue weighted by Crippen LogP contribution is -2.56. The zero-order valence-corrected chi connectivity index (χ0v) is 9.38. The third-order valence-corrected chi connectivity index (χ3v) is 3.12. The molecule has 6 heteroatoms. The Hall–Kier alpha value is -1.69. The molecule has 6 nitrogen and oxygen atoms in total. The molecule has 0 aromatic carbocycles. The molecule has 0 amide bonds. The number of fused-ring (bicyclic) bond motifs is 1. The maximum absolute atomic E-state index is 4.40.